The number of carbonyl (C=O) groups is 1. The number of ketones is 1. The summed E-state index contributed by atoms with van der Waals surface area (Å²) in [6.07, 6.45) is 1.65. The normalized spacial score (nSPS) is 14.4. The maximum atomic E-state index is 12.4. The van der Waals surface area contributed by atoms with Crippen LogP contribution in [0.2, 0.25) is 0 Å². The summed E-state index contributed by atoms with van der Waals surface area (Å²) in [6.45, 7) is 4.86. The molecule has 0 saturated heterocycles. The predicted octanol–water partition coefficient (Wildman–Crippen LogP) is 3.81. The molecule has 1 aliphatic heterocycles. The largest absolute Gasteiger partial charge is 0.508 e. The third-order valence-electron chi connectivity index (χ3n) is 3.52. The summed E-state index contributed by atoms with van der Waals surface area (Å²) >= 11 is 0. The molecule has 0 radical (unpaired) electrons. The number of phenolic OH excluding ortho intramolecular Hbond substituents is 1. The number of hydrogen-bond donors (Lipinski definition) is 1. The zero-order valence-corrected chi connectivity index (χ0v) is 13.5. The molecule has 1 N–H and O–H groups in total. The van der Waals surface area contributed by atoms with Gasteiger partial charge in [0.2, 0.25) is 5.78 Å². The van der Waals surface area contributed by atoms with E-state index < -0.39 is 0 Å². The lowest BCUT2D eigenvalue weighted by Crippen LogP contribution is -2.00. The van der Waals surface area contributed by atoms with Gasteiger partial charge in [0.15, 0.2) is 17.3 Å². The van der Waals surface area contributed by atoms with Crippen LogP contribution in [0.1, 0.15) is 29.8 Å². The molecule has 0 fully saturated rings. The number of Topliss-reactive ketones (excluding diaryl/α,β-unsaturated/α-hetero) is 1. The molecular formula is C19H18O5. The Balaban J connectivity index is 1.92. The molecule has 0 spiro atoms. The van der Waals surface area contributed by atoms with Crippen molar-refractivity contribution < 1.29 is 24.1 Å². The Bertz CT molecular complexity index is 807. The topological polar surface area (TPSA) is 65.0 Å². The van der Waals surface area contributed by atoms with Crippen LogP contribution in [0, 0.1) is 0 Å². The van der Waals surface area contributed by atoms with Crippen LogP contribution in [-0.4, -0.2) is 24.1 Å². The Morgan fingerprint density at radius 2 is 1.79 bits per heavy atom. The van der Waals surface area contributed by atoms with Crippen molar-refractivity contribution in [2.24, 2.45) is 0 Å². The molecule has 2 aromatic carbocycles. The molecule has 5 nitrogen and oxygen atoms in total. The summed E-state index contributed by atoms with van der Waals surface area (Å²) < 4.78 is 16.7. The zero-order chi connectivity index (χ0) is 17.1. The molecule has 0 aliphatic carbocycles. The number of ether oxygens (including phenoxy) is 3. The van der Waals surface area contributed by atoms with Crippen LogP contribution in [0.4, 0.5) is 0 Å². The highest BCUT2D eigenvalue weighted by molar-refractivity contribution is 6.14. The monoisotopic (exact) mass is 326 g/mol. The van der Waals surface area contributed by atoms with Crippen molar-refractivity contribution in [3.05, 3.63) is 53.3 Å². The van der Waals surface area contributed by atoms with Gasteiger partial charge in [0.1, 0.15) is 11.5 Å². The highest BCUT2D eigenvalue weighted by atomic mass is 16.5. The average Bonchev–Trinajstić information content (AvgIpc) is 2.85. The number of benzene rings is 2. The van der Waals surface area contributed by atoms with Gasteiger partial charge in [0.05, 0.1) is 18.8 Å². The number of hydrogen-bond acceptors (Lipinski definition) is 5. The Labute approximate surface area is 140 Å². The molecule has 0 saturated carbocycles. The number of carbonyl (C=O) groups excluding carboxylic acids is 1. The van der Waals surface area contributed by atoms with Crippen LogP contribution in [0.25, 0.3) is 6.08 Å². The first-order valence-corrected chi connectivity index (χ1v) is 7.79. The molecule has 24 heavy (non-hydrogen) atoms. The van der Waals surface area contributed by atoms with E-state index in [9.17, 15) is 9.90 Å². The van der Waals surface area contributed by atoms with Gasteiger partial charge >= 0.3 is 0 Å². The van der Waals surface area contributed by atoms with Gasteiger partial charge in [-0.25, -0.2) is 0 Å². The summed E-state index contributed by atoms with van der Waals surface area (Å²) in [5, 5.41) is 9.49. The first-order valence-electron chi connectivity index (χ1n) is 7.79. The Hall–Kier alpha value is -2.95. The number of allylic oxidation sites excluding steroid dienone is 1. The van der Waals surface area contributed by atoms with Crippen molar-refractivity contribution in [1.82, 2.24) is 0 Å². The summed E-state index contributed by atoms with van der Waals surface area (Å²) in [7, 11) is 0. The van der Waals surface area contributed by atoms with Crippen LogP contribution in [0.15, 0.2) is 42.2 Å². The summed E-state index contributed by atoms with van der Waals surface area (Å²) in [5.74, 6) is 1.70. The predicted molar refractivity (Wildman–Crippen MR) is 89.8 cm³/mol. The summed E-state index contributed by atoms with van der Waals surface area (Å²) in [4.78, 5) is 12.4. The third-order valence-corrected chi connectivity index (χ3v) is 3.52. The minimum atomic E-state index is -0.211. The highest BCUT2D eigenvalue weighted by Gasteiger charge is 2.27. The van der Waals surface area contributed by atoms with E-state index in [1.54, 1.807) is 24.3 Å². The van der Waals surface area contributed by atoms with Gasteiger partial charge in [-0.3, -0.25) is 4.79 Å². The zero-order valence-electron chi connectivity index (χ0n) is 13.5. The fraction of sp³-hybridized carbons (Fsp3) is 0.211. The van der Waals surface area contributed by atoms with E-state index in [1.165, 1.54) is 12.1 Å². The molecule has 0 aromatic heterocycles. The van der Waals surface area contributed by atoms with Crippen molar-refractivity contribution in [1.29, 1.82) is 0 Å². The van der Waals surface area contributed by atoms with Gasteiger partial charge in [-0.1, -0.05) is 6.07 Å². The van der Waals surface area contributed by atoms with Crippen molar-refractivity contribution in [3.63, 3.8) is 0 Å². The van der Waals surface area contributed by atoms with E-state index >= 15 is 0 Å². The molecule has 1 heterocycles. The lowest BCUT2D eigenvalue weighted by atomic mass is 10.1. The molecule has 124 valence electrons. The maximum Gasteiger partial charge on any atom is 0.231 e. The van der Waals surface area contributed by atoms with E-state index in [2.05, 4.69) is 0 Å². The number of phenols is 1. The van der Waals surface area contributed by atoms with Crippen molar-refractivity contribution >= 4 is 11.9 Å². The SMILES string of the molecule is CCOc1ccc(C=C2Oc3cc(O)ccc3C2=O)cc1OCC. The average molecular weight is 326 g/mol. The van der Waals surface area contributed by atoms with Gasteiger partial charge in [0.25, 0.3) is 0 Å². The lowest BCUT2D eigenvalue weighted by molar-refractivity contribution is 0.101. The van der Waals surface area contributed by atoms with Crippen molar-refractivity contribution in [2.75, 3.05) is 13.2 Å². The van der Waals surface area contributed by atoms with Crippen LogP contribution in [0.3, 0.4) is 0 Å². The Morgan fingerprint density at radius 1 is 1.04 bits per heavy atom. The highest BCUT2D eigenvalue weighted by Crippen LogP contribution is 2.35. The Morgan fingerprint density at radius 3 is 2.54 bits per heavy atom. The van der Waals surface area contributed by atoms with Gasteiger partial charge in [-0.05, 0) is 49.8 Å². The molecule has 3 rings (SSSR count). The quantitative estimate of drug-likeness (QED) is 0.847. The fourth-order valence-electron chi connectivity index (χ4n) is 2.48. The second-order valence-corrected chi connectivity index (χ2v) is 5.19. The van der Waals surface area contributed by atoms with Gasteiger partial charge in [0, 0.05) is 6.07 Å². The minimum absolute atomic E-state index is 0.0579. The summed E-state index contributed by atoms with van der Waals surface area (Å²) in [5.41, 5.74) is 1.21. The number of aromatic hydroxyl groups is 1. The van der Waals surface area contributed by atoms with Crippen LogP contribution in [0.5, 0.6) is 23.0 Å². The van der Waals surface area contributed by atoms with E-state index in [0.717, 1.165) is 5.56 Å². The standard InChI is InChI=1S/C19H18O5/c1-3-22-15-8-5-12(9-17(15)23-4-2)10-18-19(21)14-7-6-13(20)11-16(14)24-18/h5-11,20H,3-4H2,1-2H3. The van der Waals surface area contributed by atoms with Crippen LogP contribution < -0.4 is 14.2 Å². The van der Waals surface area contributed by atoms with Crippen molar-refractivity contribution in [3.8, 4) is 23.0 Å². The molecule has 5 heteroatoms. The molecule has 1 aliphatic rings. The lowest BCUT2D eigenvalue weighted by Gasteiger charge is -2.11. The van der Waals surface area contributed by atoms with Gasteiger partial charge < -0.3 is 19.3 Å². The van der Waals surface area contributed by atoms with Crippen molar-refractivity contribution in [2.45, 2.75) is 13.8 Å². The van der Waals surface area contributed by atoms with E-state index in [1.807, 2.05) is 19.9 Å². The molecule has 0 amide bonds. The molecule has 2 aromatic rings. The van der Waals surface area contributed by atoms with E-state index in [0.29, 0.717) is 36.0 Å². The maximum absolute atomic E-state index is 12.4. The first kappa shape index (κ1) is 15.9. The van der Waals surface area contributed by atoms with Crippen LogP contribution >= 0.6 is 0 Å². The number of rotatable bonds is 5. The smallest absolute Gasteiger partial charge is 0.231 e. The third kappa shape index (κ3) is 3.06. The minimum Gasteiger partial charge on any atom is -0.508 e. The fourth-order valence-corrected chi connectivity index (χ4v) is 2.48. The van der Waals surface area contributed by atoms with Gasteiger partial charge in [-0.15, -0.1) is 0 Å². The van der Waals surface area contributed by atoms with Crippen LogP contribution in [-0.2, 0) is 0 Å². The van der Waals surface area contributed by atoms with E-state index in [-0.39, 0.29) is 17.3 Å². The summed E-state index contributed by atoms with van der Waals surface area (Å²) in [6, 6.07) is 9.89. The second kappa shape index (κ2) is 6.66. The Kier molecular flexibility index (Phi) is 4.42. The molecule has 0 unspecified atom stereocenters. The first-order chi connectivity index (χ1) is 11.6. The molecular weight excluding hydrogens is 308 g/mol. The number of fused-ring (bicyclic) bond motifs is 1. The molecule has 0 atom stereocenters. The van der Waals surface area contributed by atoms with Gasteiger partial charge in [-0.2, -0.15) is 0 Å². The molecule has 0 bridgehead atoms. The van der Waals surface area contributed by atoms with E-state index in [4.69, 9.17) is 14.2 Å². The second-order valence-electron chi connectivity index (χ2n) is 5.19.